The molecule has 4 heterocycles. The number of ether oxygens (including phenoxy) is 1. The van der Waals surface area contributed by atoms with E-state index < -0.39 is 21.9 Å². The minimum atomic E-state index is -4.58. The van der Waals surface area contributed by atoms with E-state index in [0.29, 0.717) is 24.5 Å². The molecule has 5 aliphatic rings. The Labute approximate surface area is 173 Å². The lowest BCUT2D eigenvalue weighted by Crippen LogP contribution is -2.76. The van der Waals surface area contributed by atoms with Crippen molar-refractivity contribution in [2.75, 3.05) is 39.4 Å². The molecule has 3 aliphatic heterocycles. The van der Waals surface area contributed by atoms with Crippen LogP contribution >= 0.6 is 0 Å². The van der Waals surface area contributed by atoms with Crippen molar-refractivity contribution in [3.8, 4) is 0 Å². The van der Waals surface area contributed by atoms with Gasteiger partial charge in [0.05, 0.1) is 13.2 Å². The summed E-state index contributed by atoms with van der Waals surface area (Å²) in [5, 5.41) is 0. The van der Waals surface area contributed by atoms with Gasteiger partial charge in [-0.2, -0.15) is 17.5 Å². The number of nitrogens with zero attached hydrogens (tertiary/aromatic N) is 3. The number of alkyl halides is 3. The van der Waals surface area contributed by atoms with Crippen LogP contribution in [0.3, 0.4) is 0 Å². The summed E-state index contributed by atoms with van der Waals surface area (Å²) < 4.78 is 72.2. The highest BCUT2D eigenvalue weighted by atomic mass is 32.2. The van der Waals surface area contributed by atoms with Crippen molar-refractivity contribution in [3.05, 3.63) is 23.5 Å². The Bertz CT molecular complexity index is 982. The molecule has 0 aromatic carbocycles. The molecule has 10 heteroatoms. The van der Waals surface area contributed by atoms with Gasteiger partial charge in [-0.15, -0.1) is 0 Å². The zero-order chi connectivity index (χ0) is 20.9. The van der Waals surface area contributed by atoms with Gasteiger partial charge in [-0.05, 0) is 43.2 Å². The molecule has 30 heavy (non-hydrogen) atoms. The van der Waals surface area contributed by atoms with Crippen LogP contribution in [0.15, 0.2) is 17.2 Å². The summed E-state index contributed by atoms with van der Waals surface area (Å²) in [6, 6.07) is 1.52. The first-order valence-corrected chi connectivity index (χ1v) is 11.9. The van der Waals surface area contributed by atoms with Crippen molar-refractivity contribution in [3.63, 3.8) is 0 Å². The van der Waals surface area contributed by atoms with Gasteiger partial charge in [0, 0.05) is 49.2 Å². The van der Waals surface area contributed by atoms with Crippen molar-refractivity contribution >= 4 is 10.0 Å². The third kappa shape index (κ3) is 2.87. The van der Waals surface area contributed by atoms with E-state index in [2.05, 4.69) is 9.88 Å². The largest absolute Gasteiger partial charge is 0.433 e. The molecule has 6 nitrogen and oxygen atoms in total. The maximum Gasteiger partial charge on any atom is 0.433 e. The molecular weight excluding hydrogens is 419 g/mol. The van der Waals surface area contributed by atoms with Crippen LogP contribution in [0, 0.1) is 10.8 Å². The SMILES string of the molecule is O=S(=O)(c1cnc(C(F)(F)F)cc1C1CC1)N1CC2(CN(C3CC4(COC4)C3)C2)C1. The molecule has 2 aliphatic carbocycles. The predicted molar refractivity (Wildman–Crippen MR) is 100 cm³/mol. The van der Waals surface area contributed by atoms with E-state index in [9.17, 15) is 21.6 Å². The summed E-state index contributed by atoms with van der Waals surface area (Å²) in [6.45, 7) is 4.44. The minimum absolute atomic E-state index is 0.00498. The third-order valence-electron chi connectivity index (χ3n) is 7.59. The quantitative estimate of drug-likeness (QED) is 0.716. The maximum absolute atomic E-state index is 13.1. The number of sulfonamides is 1. The van der Waals surface area contributed by atoms with Crippen molar-refractivity contribution in [1.82, 2.24) is 14.2 Å². The first-order chi connectivity index (χ1) is 14.1. The molecule has 0 N–H and O–H groups in total. The summed E-state index contributed by atoms with van der Waals surface area (Å²) in [4.78, 5) is 5.83. The highest BCUT2D eigenvalue weighted by molar-refractivity contribution is 7.89. The average molecular weight is 443 g/mol. The Morgan fingerprint density at radius 3 is 2.27 bits per heavy atom. The van der Waals surface area contributed by atoms with Gasteiger partial charge in [-0.25, -0.2) is 8.42 Å². The molecule has 0 unspecified atom stereocenters. The van der Waals surface area contributed by atoms with Crippen molar-refractivity contribution in [1.29, 1.82) is 0 Å². The standard InChI is InChI=1S/C20H24F3N3O3S/c21-20(22,23)17-3-15(13-1-2-13)16(6-24-17)30(27,28)26-9-19(10-26)7-25(8-19)14-4-18(5-14)11-29-12-18/h3,6,13-14H,1-2,4-5,7-12H2. The fraction of sp³-hybridized carbons (Fsp3) is 0.750. The highest BCUT2D eigenvalue weighted by Crippen LogP contribution is 2.53. The summed E-state index contributed by atoms with van der Waals surface area (Å²) in [5.41, 5.74) is -0.327. The van der Waals surface area contributed by atoms with Crippen molar-refractivity contribution < 1.29 is 26.3 Å². The molecule has 1 aromatic rings. The van der Waals surface area contributed by atoms with E-state index in [1.165, 1.54) is 17.1 Å². The molecule has 6 rings (SSSR count). The Kier molecular flexibility index (Phi) is 3.87. The molecule has 0 bridgehead atoms. The number of likely N-dealkylation sites (tertiary alicyclic amines) is 1. The minimum Gasteiger partial charge on any atom is -0.380 e. The number of pyridine rings is 1. The number of aromatic nitrogens is 1. The summed E-state index contributed by atoms with van der Waals surface area (Å²) in [5.74, 6) is -0.116. The van der Waals surface area contributed by atoms with Crippen LogP contribution in [0.5, 0.6) is 0 Å². The van der Waals surface area contributed by atoms with Gasteiger partial charge < -0.3 is 4.74 Å². The Morgan fingerprint density at radius 2 is 1.73 bits per heavy atom. The van der Waals surface area contributed by atoms with E-state index in [1.807, 2.05) is 0 Å². The Hall–Kier alpha value is -1.23. The normalized spacial score (nSPS) is 28.6. The molecule has 5 fully saturated rings. The van der Waals surface area contributed by atoms with E-state index >= 15 is 0 Å². The second-order valence-corrected chi connectivity index (χ2v) is 12.0. The molecule has 0 atom stereocenters. The number of hydrogen-bond donors (Lipinski definition) is 0. The van der Waals surface area contributed by atoms with Gasteiger partial charge in [-0.3, -0.25) is 9.88 Å². The molecule has 0 radical (unpaired) electrons. The molecule has 2 saturated carbocycles. The van der Waals surface area contributed by atoms with E-state index in [1.54, 1.807) is 0 Å². The van der Waals surface area contributed by atoms with Crippen LogP contribution < -0.4 is 0 Å². The predicted octanol–water partition coefficient (Wildman–Crippen LogP) is 2.46. The number of rotatable bonds is 4. The topological polar surface area (TPSA) is 62.7 Å². The van der Waals surface area contributed by atoms with Gasteiger partial charge >= 0.3 is 6.18 Å². The van der Waals surface area contributed by atoms with Crippen LogP contribution in [-0.2, 0) is 20.9 Å². The van der Waals surface area contributed by atoms with E-state index in [4.69, 9.17) is 4.74 Å². The number of halogens is 3. The zero-order valence-electron chi connectivity index (χ0n) is 16.5. The summed E-state index contributed by atoms with van der Waals surface area (Å²) in [7, 11) is -3.82. The Morgan fingerprint density at radius 1 is 1.07 bits per heavy atom. The number of hydrogen-bond acceptors (Lipinski definition) is 5. The molecule has 2 spiro atoms. The Balaban J connectivity index is 1.13. The zero-order valence-corrected chi connectivity index (χ0v) is 17.3. The molecular formula is C20H24F3N3O3S. The van der Waals surface area contributed by atoms with Crippen LogP contribution in [-0.4, -0.2) is 68.0 Å². The first kappa shape index (κ1) is 19.5. The molecule has 3 saturated heterocycles. The fourth-order valence-corrected chi connectivity index (χ4v) is 7.53. The van der Waals surface area contributed by atoms with Crippen LogP contribution in [0.4, 0.5) is 13.2 Å². The monoisotopic (exact) mass is 443 g/mol. The lowest BCUT2D eigenvalue weighted by atomic mass is 9.61. The van der Waals surface area contributed by atoms with E-state index in [-0.39, 0.29) is 21.8 Å². The molecule has 164 valence electrons. The first-order valence-electron chi connectivity index (χ1n) is 10.5. The van der Waals surface area contributed by atoms with Crippen molar-refractivity contribution in [2.45, 2.75) is 48.7 Å². The second-order valence-electron chi connectivity index (χ2n) is 10.1. The van der Waals surface area contributed by atoms with Gasteiger partial charge in [0.25, 0.3) is 0 Å². The van der Waals surface area contributed by atoms with Gasteiger partial charge in [0.15, 0.2) is 0 Å². The van der Waals surface area contributed by atoms with Crippen molar-refractivity contribution in [2.24, 2.45) is 10.8 Å². The van der Waals surface area contributed by atoms with Gasteiger partial charge in [0.1, 0.15) is 10.6 Å². The maximum atomic E-state index is 13.1. The van der Waals surface area contributed by atoms with Crippen LogP contribution in [0.1, 0.15) is 42.9 Å². The highest BCUT2D eigenvalue weighted by Gasteiger charge is 2.60. The smallest absolute Gasteiger partial charge is 0.380 e. The van der Waals surface area contributed by atoms with Gasteiger partial charge in [0.2, 0.25) is 10.0 Å². The molecule has 1 aromatic heterocycles. The second kappa shape index (κ2) is 5.96. The average Bonchev–Trinajstić information content (AvgIpc) is 3.35. The molecule has 0 amide bonds. The van der Waals surface area contributed by atoms with Gasteiger partial charge in [-0.1, -0.05) is 0 Å². The van der Waals surface area contributed by atoms with E-state index in [0.717, 1.165) is 51.4 Å². The third-order valence-corrected chi connectivity index (χ3v) is 9.43. The van der Waals surface area contributed by atoms with Crippen LogP contribution in [0.2, 0.25) is 0 Å². The lowest BCUT2D eigenvalue weighted by molar-refractivity contribution is -0.211. The fourth-order valence-electron chi connectivity index (χ4n) is 5.65. The lowest BCUT2D eigenvalue weighted by Gasteiger charge is -2.65. The summed E-state index contributed by atoms with van der Waals surface area (Å²) in [6.07, 6.45) is 0.125. The summed E-state index contributed by atoms with van der Waals surface area (Å²) >= 11 is 0. The van der Waals surface area contributed by atoms with Crippen LogP contribution in [0.25, 0.3) is 0 Å².